The average molecular weight is 255 g/mol. The topological polar surface area (TPSA) is 23.5 Å². The molecule has 2 aromatic carbocycles. The van der Waals surface area contributed by atoms with Crippen molar-refractivity contribution in [1.82, 2.24) is 0 Å². The normalized spacial score (nSPS) is 12.2. The van der Waals surface area contributed by atoms with Gasteiger partial charge in [0.05, 0.1) is 6.10 Å². The largest absolute Gasteiger partial charge is 0.391 e. The second-order valence-electron chi connectivity index (χ2n) is 5.06. The molecule has 0 aliphatic carbocycles. The molecule has 0 saturated heterocycles. The first-order valence-corrected chi connectivity index (χ1v) is 6.65. The lowest BCUT2D eigenvalue weighted by molar-refractivity contribution is 0.182. The highest BCUT2D eigenvalue weighted by atomic mass is 16.3. The van der Waals surface area contributed by atoms with Gasteiger partial charge < -0.3 is 10.0 Å². The number of likely N-dealkylation sites (N-methyl/N-ethyl adjacent to an activating group) is 1. The minimum absolute atomic E-state index is 0.354. The molecule has 0 bridgehead atoms. The number of hydrogen-bond donors (Lipinski definition) is 1. The minimum atomic E-state index is -0.354. The van der Waals surface area contributed by atoms with Crippen molar-refractivity contribution in [2.75, 3.05) is 18.5 Å². The Hall–Kier alpha value is -1.80. The number of hydrogen-bond acceptors (Lipinski definition) is 2. The summed E-state index contributed by atoms with van der Waals surface area (Å²) in [5, 5.41) is 10.2. The molecule has 1 N–H and O–H groups in total. The third-order valence-corrected chi connectivity index (χ3v) is 3.24. The molecule has 1 atom stereocenters. The maximum Gasteiger partial charge on any atom is 0.0755 e. The lowest BCUT2D eigenvalue weighted by Crippen LogP contribution is -2.30. The van der Waals surface area contributed by atoms with Crippen LogP contribution in [0.5, 0.6) is 0 Å². The molecule has 0 aliphatic rings. The molecule has 0 amide bonds. The highest BCUT2D eigenvalue weighted by Gasteiger charge is 2.09. The van der Waals surface area contributed by atoms with Gasteiger partial charge in [-0.15, -0.1) is 0 Å². The second kappa shape index (κ2) is 6.39. The van der Waals surface area contributed by atoms with E-state index in [1.165, 1.54) is 11.1 Å². The molecule has 100 valence electrons. The summed E-state index contributed by atoms with van der Waals surface area (Å²) in [5.74, 6) is 0. The van der Waals surface area contributed by atoms with Crippen molar-refractivity contribution >= 4 is 5.69 Å². The lowest BCUT2D eigenvalue weighted by atomic mass is 10.1. The quantitative estimate of drug-likeness (QED) is 0.887. The summed E-state index contributed by atoms with van der Waals surface area (Å²) in [6, 6.07) is 18.4. The predicted octanol–water partition coefficient (Wildman–Crippen LogP) is 3.03. The Morgan fingerprint density at radius 1 is 1.05 bits per heavy atom. The van der Waals surface area contributed by atoms with Crippen LogP contribution in [0.4, 0.5) is 5.69 Å². The Labute approximate surface area is 115 Å². The number of benzene rings is 2. The Kier molecular flexibility index (Phi) is 4.58. The first-order valence-electron chi connectivity index (χ1n) is 6.65. The summed E-state index contributed by atoms with van der Waals surface area (Å²) in [6.07, 6.45) is 0.338. The Balaban J connectivity index is 1.93. The first kappa shape index (κ1) is 13.6. The van der Waals surface area contributed by atoms with Gasteiger partial charge >= 0.3 is 0 Å². The van der Waals surface area contributed by atoms with Gasteiger partial charge in [0, 0.05) is 25.7 Å². The minimum Gasteiger partial charge on any atom is -0.391 e. The summed E-state index contributed by atoms with van der Waals surface area (Å²) < 4.78 is 0. The van der Waals surface area contributed by atoms with Crippen LogP contribution in [0.3, 0.4) is 0 Å². The van der Waals surface area contributed by atoms with Gasteiger partial charge in [-0.25, -0.2) is 0 Å². The van der Waals surface area contributed by atoms with Crippen molar-refractivity contribution in [2.24, 2.45) is 0 Å². The summed E-state index contributed by atoms with van der Waals surface area (Å²) >= 11 is 0. The SMILES string of the molecule is Cc1cccc(N(C)CC(O)Cc2ccccc2)c1. The van der Waals surface area contributed by atoms with Gasteiger partial charge in [0.1, 0.15) is 0 Å². The lowest BCUT2D eigenvalue weighted by Gasteiger charge is -2.23. The van der Waals surface area contributed by atoms with Crippen molar-refractivity contribution in [3.8, 4) is 0 Å². The highest BCUT2D eigenvalue weighted by Crippen LogP contribution is 2.15. The maximum atomic E-state index is 10.2. The number of rotatable bonds is 5. The number of aliphatic hydroxyl groups is 1. The van der Waals surface area contributed by atoms with Gasteiger partial charge in [-0.3, -0.25) is 0 Å². The Bertz CT molecular complexity index is 510. The molecule has 2 nitrogen and oxygen atoms in total. The van der Waals surface area contributed by atoms with Crippen LogP contribution in [-0.2, 0) is 6.42 Å². The molecular formula is C17H21NO. The average Bonchev–Trinajstić information content (AvgIpc) is 2.39. The molecule has 0 fully saturated rings. The zero-order chi connectivity index (χ0) is 13.7. The van der Waals surface area contributed by atoms with E-state index in [-0.39, 0.29) is 6.10 Å². The van der Waals surface area contributed by atoms with E-state index in [2.05, 4.69) is 42.2 Å². The standard InChI is InChI=1S/C17H21NO/c1-14-7-6-10-16(11-14)18(2)13-17(19)12-15-8-4-3-5-9-15/h3-11,17,19H,12-13H2,1-2H3. The molecule has 19 heavy (non-hydrogen) atoms. The van der Waals surface area contributed by atoms with Crippen LogP contribution in [0.1, 0.15) is 11.1 Å². The van der Waals surface area contributed by atoms with Crippen LogP contribution in [-0.4, -0.2) is 24.8 Å². The number of aryl methyl sites for hydroxylation is 1. The third kappa shape index (κ3) is 4.11. The van der Waals surface area contributed by atoms with Crippen molar-refractivity contribution in [3.63, 3.8) is 0 Å². The van der Waals surface area contributed by atoms with E-state index < -0.39 is 0 Å². The van der Waals surface area contributed by atoms with E-state index >= 15 is 0 Å². The monoisotopic (exact) mass is 255 g/mol. The molecule has 0 aliphatic heterocycles. The number of aliphatic hydroxyl groups excluding tert-OH is 1. The molecular weight excluding hydrogens is 234 g/mol. The van der Waals surface area contributed by atoms with Gasteiger partial charge in [-0.1, -0.05) is 42.5 Å². The van der Waals surface area contributed by atoms with Crippen molar-refractivity contribution in [1.29, 1.82) is 0 Å². The van der Waals surface area contributed by atoms with Gasteiger partial charge in [0.2, 0.25) is 0 Å². The fraction of sp³-hybridized carbons (Fsp3) is 0.294. The highest BCUT2D eigenvalue weighted by molar-refractivity contribution is 5.47. The van der Waals surface area contributed by atoms with Crippen molar-refractivity contribution in [2.45, 2.75) is 19.4 Å². The van der Waals surface area contributed by atoms with Crippen LogP contribution >= 0.6 is 0 Å². The van der Waals surface area contributed by atoms with E-state index in [4.69, 9.17) is 0 Å². The third-order valence-electron chi connectivity index (χ3n) is 3.24. The molecule has 0 spiro atoms. The molecule has 1 unspecified atom stereocenters. The van der Waals surface area contributed by atoms with Crippen molar-refractivity contribution < 1.29 is 5.11 Å². The predicted molar refractivity (Wildman–Crippen MR) is 80.6 cm³/mol. The Morgan fingerprint density at radius 2 is 1.79 bits per heavy atom. The molecule has 2 aromatic rings. The van der Waals surface area contributed by atoms with Crippen LogP contribution in [0.15, 0.2) is 54.6 Å². The second-order valence-corrected chi connectivity index (χ2v) is 5.06. The summed E-state index contributed by atoms with van der Waals surface area (Å²) in [6.45, 7) is 2.72. The molecule has 0 radical (unpaired) electrons. The van der Waals surface area contributed by atoms with Crippen LogP contribution in [0.2, 0.25) is 0 Å². The van der Waals surface area contributed by atoms with Gasteiger partial charge in [-0.05, 0) is 30.2 Å². The zero-order valence-corrected chi connectivity index (χ0v) is 11.6. The molecule has 2 rings (SSSR count). The van der Waals surface area contributed by atoms with Crippen LogP contribution in [0, 0.1) is 6.92 Å². The number of nitrogens with zero attached hydrogens (tertiary/aromatic N) is 1. The Morgan fingerprint density at radius 3 is 2.47 bits per heavy atom. The van der Waals surface area contributed by atoms with E-state index in [1.54, 1.807) is 0 Å². The van der Waals surface area contributed by atoms with Gasteiger partial charge in [0.25, 0.3) is 0 Å². The fourth-order valence-electron chi connectivity index (χ4n) is 2.24. The van der Waals surface area contributed by atoms with E-state index in [0.717, 1.165) is 5.69 Å². The van der Waals surface area contributed by atoms with Crippen LogP contribution in [0.25, 0.3) is 0 Å². The smallest absolute Gasteiger partial charge is 0.0755 e. The van der Waals surface area contributed by atoms with Crippen LogP contribution < -0.4 is 4.90 Å². The maximum absolute atomic E-state index is 10.2. The van der Waals surface area contributed by atoms with Gasteiger partial charge in [-0.2, -0.15) is 0 Å². The van der Waals surface area contributed by atoms with E-state index in [9.17, 15) is 5.11 Å². The molecule has 2 heteroatoms. The van der Waals surface area contributed by atoms with Gasteiger partial charge in [0.15, 0.2) is 0 Å². The summed E-state index contributed by atoms with van der Waals surface area (Å²) in [5.41, 5.74) is 3.56. The molecule has 0 heterocycles. The zero-order valence-electron chi connectivity index (χ0n) is 11.6. The molecule has 0 saturated carbocycles. The van der Waals surface area contributed by atoms with Crippen molar-refractivity contribution in [3.05, 3.63) is 65.7 Å². The van der Waals surface area contributed by atoms with E-state index in [1.807, 2.05) is 31.3 Å². The summed E-state index contributed by atoms with van der Waals surface area (Å²) in [4.78, 5) is 2.10. The number of anilines is 1. The van der Waals surface area contributed by atoms with E-state index in [0.29, 0.717) is 13.0 Å². The summed E-state index contributed by atoms with van der Waals surface area (Å²) in [7, 11) is 2.02. The molecule has 0 aromatic heterocycles. The first-order chi connectivity index (χ1) is 9.15. The fourth-order valence-corrected chi connectivity index (χ4v) is 2.24.